The summed E-state index contributed by atoms with van der Waals surface area (Å²) in [6.07, 6.45) is 7.82. The van der Waals surface area contributed by atoms with Gasteiger partial charge in [0.15, 0.2) is 0 Å². The van der Waals surface area contributed by atoms with E-state index in [1.54, 1.807) is 12.3 Å². The largest absolute Gasteiger partial charge is 0.375 e. The number of piperidine rings is 1. The molecule has 0 aliphatic carbocycles. The van der Waals surface area contributed by atoms with E-state index >= 15 is 0 Å². The molecule has 2 atom stereocenters. The molecule has 0 N–H and O–H groups in total. The molecule has 1 amide bonds. The summed E-state index contributed by atoms with van der Waals surface area (Å²) in [4.78, 5) is 21.1. The molecule has 2 aliphatic rings. The van der Waals surface area contributed by atoms with Crippen LogP contribution in [-0.2, 0) is 11.3 Å². The topological polar surface area (TPSA) is 71.5 Å². The Hall–Kier alpha value is -2.38. The van der Waals surface area contributed by atoms with E-state index in [4.69, 9.17) is 4.74 Å². The Bertz CT molecular complexity index is 727. The maximum Gasteiger partial charge on any atom is 0.255 e. The molecule has 2 aromatic heterocycles. The standard InChI is InChI=1S/C19H23N5O2/c25-19(16-3-7-21-22-11-16)24-8-4-17-13-23(9-10-26-18(17)14-24)12-15-1-5-20-6-2-15/h1-3,5-7,11,17-18H,4,8-10,12-14H2. The number of aromatic nitrogens is 3. The summed E-state index contributed by atoms with van der Waals surface area (Å²) in [6.45, 7) is 4.94. The minimum Gasteiger partial charge on any atom is -0.375 e. The van der Waals surface area contributed by atoms with E-state index in [-0.39, 0.29) is 12.0 Å². The van der Waals surface area contributed by atoms with Crippen molar-refractivity contribution in [1.82, 2.24) is 25.0 Å². The van der Waals surface area contributed by atoms with Crippen LogP contribution in [0.15, 0.2) is 43.0 Å². The second-order valence-corrected chi connectivity index (χ2v) is 6.93. The number of hydrogen-bond donors (Lipinski definition) is 0. The average molecular weight is 353 g/mol. The molecule has 4 rings (SSSR count). The van der Waals surface area contributed by atoms with Gasteiger partial charge in [0.2, 0.25) is 0 Å². The monoisotopic (exact) mass is 353 g/mol. The fourth-order valence-corrected chi connectivity index (χ4v) is 3.79. The summed E-state index contributed by atoms with van der Waals surface area (Å²) in [5, 5.41) is 7.55. The summed E-state index contributed by atoms with van der Waals surface area (Å²) in [5.74, 6) is 0.471. The zero-order chi connectivity index (χ0) is 17.8. The Kier molecular flexibility index (Phi) is 5.17. The minimum atomic E-state index is 0.0137. The van der Waals surface area contributed by atoms with Crippen LogP contribution in [0.5, 0.6) is 0 Å². The van der Waals surface area contributed by atoms with E-state index in [0.29, 0.717) is 24.6 Å². The first-order valence-electron chi connectivity index (χ1n) is 9.08. The predicted octanol–water partition coefficient (Wildman–Crippen LogP) is 1.23. The highest BCUT2D eigenvalue weighted by molar-refractivity contribution is 5.93. The number of carbonyl (C=O) groups is 1. The molecular weight excluding hydrogens is 330 g/mol. The van der Waals surface area contributed by atoms with Crippen LogP contribution in [0.3, 0.4) is 0 Å². The van der Waals surface area contributed by atoms with Gasteiger partial charge in [0.1, 0.15) is 0 Å². The highest BCUT2D eigenvalue weighted by Crippen LogP contribution is 2.25. The van der Waals surface area contributed by atoms with Crippen molar-refractivity contribution >= 4 is 5.91 Å². The van der Waals surface area contributed by atoms with Crippen LogP contribution in [0.1, 0.15) is 22.3 Å². The third kappa shape index (κ3) is 3.89. The molecule has 4 heterocycles. The molecule has 0 bridgehead atoms. The van der Waals surface area contributed by atoms with Crippen molar-refractivity contribution in [3.8, 4) is 0 Å². The minimum absolute atomic E-state index is 0.0137. The van der Waals surface area contributed by atoms with Crippen LogP contribution in [0, 0.1) is 5.92 Å². The van der Waals surface area contributed by atoms with Crippen LogP contribution >= 0.6 is 0 Å². The number of ether oxygens (including phenoxy) is 1. The van der Waals surface area contributed by atoms with E-state index in [2.05, 4.69) is 32.2 Å². The van der Waals surface area contributed by atoms with E-state index < -0.39 is 0 Å². The summed E-state index contributed by atoms with van der Waals surface area (Å²) < 4.78 is 6.12. The van der Waals surface area contributed by atoms with Gasteiger partial charge in [-0.1, -0.05) is 0 Å². The first-order chi connectivity index (χ1) is 12.8. The molecule has 26 heavy (non-hydrogen) atoms. The Morgan fingerprint density at radius 2 is 2.00 bits per heavy atom. The maximum absolute atomic E-state index is 12.7. The van der Waals surface area contributed by atoms with Crippen LogP contribution in [-0.4, -0.2) is 69.8 Å². The zero-order valence-corrected chi connectivity index (χ0v) is 14.7. The zero-order valence-electron chi connectivity index (χ0n) is 14.7. The van der Waals surface area contributed by atoms with Gasteiger partial charge in [-0.05, 0) is 30.2 Å². The Morgan fingerprint density at radius 1 is 1.12 bits per heavy atom. The first kappa shape index (κ1) is 17.1. The Balaban J connectivity index is 1.38. The lowest BCUT2D eigenvalue weighted by atomic mass is 9.93. The lowest BCUT2D eigenvalue weighted by molar-refractivity contribution is -0.0171. The molecule has 0 spiro atoms. The SMILES string of the molecule is O=C(c1ccnnc1)N1CCC2CN(Cc3ccncc3)CCOC2C1. The number of pyridine rings is 1. The van der Waals surface area contributed by atoms with Crippen molar-refractivity contribution in [2.45, 2.75) is 19.1 Å². The van der Waals surface area contributed by atoms with Crippen LogP contribution in [0.2, 0.25) is 0 Å². The second-order valence-electron chi connectivity index (χ2n) is 6.93. The van der Waals surface area contributed by atoms with Crippen LogP contribution in [0.25, 0.3) is 0 Å². The van der Waals surface area contributed by atoms with Gasteiger partial charge in [0.05, 0.1) is 30.7 Å². The second kappa shape index (κ2) is 7.88. The molecule has 7 nitrogen and oxygen atoms in total. The summed E-state index contributed by atoms with van der Waals surface area (Å²) in [5.41, 5.74) is 1.86. The average Bonchev–Trinajstić information content (AvgIpc) is 2.90. The fraction of sp³-hybridized carbons (Fsp3) is 0.474. The van der Waals surface area contributed by atoms with Crippen molar-refractivity contribution < 1.29 is 9.53 Å². The Labute approximate surface area is 153 Å². The van der Waals surface area contributed by atoms with Gasteiger partial charge in [-0.15, -0.1) is 0 Å². The molecule has 0 radical (unpaired) electrons. The van der Waals surface area contributed by atoms with Crippen molar-refractivity contribution in [3.05, 3.63) is 54.1 Å². The van der Waals surface area contributed by atoms with Crippen molar-refractivity contribution in [3.63, 3.8) is 0 Å². The number of hydrogen-bond acceptors (Lipinski definition) is 6. The molecule has 0 saturated carbocycles. The predicted molar refractivity (Wildman–Crippen MR) is 95.3 cm³/mol. The van der Waals surface area contributed by atoms with Crippen molar-refractivity contribution in [1.29, 1.82) is 0 Å². The number of amides is 1. The van der Waals surface area contributed by atoms with Crippen molar-refractivity contribution in [2.24, 2.45) is 5.92 Å². The Morgan fingerprint density at radius 3 is 2.81 bits per heavy atom. The van der Waals surface area contributed by atoms with E-state index in [1.807, 2.05) is 17.3 Å². The fourth-order valence-electron chi connectivity index (χ4n) is 3.79. The van der Waals surface area contributed by atoms with Gasteiger partial charge in [-0.3, -0.25) is 14.7 Å². The number of rotatable bonds is 3. The highest BCUT2D eigenvalue weighted by atomic mass is 16.5. The lowest BCUT2D eigenvalue weighted by Crippen LogP contribution is -2.49. The molecule has 2 aliphatic heterocycles. The van der Waals surface area contributed by atoms with Crippen molar-refractivity contribution in [2.75, 3.05) is 32.8 Å². The van der Waals surface area contributed by atoms with Crippen LogP contribution in [0.4, 0.5) is 0 Å². The molecule has 2 saturated heterocycles. The first-order valence-corrected chi connectivity index (χ1v) is 9.08. The van der Waals surface area contributed by atoms with E-state index in [0.717, 1.165) is 32.6 Å². The number of carbonyl (C=O) groups excluding carboxylic acids is 1. The number of nitrogens with zero attached hydrogens (tertiary/aromatic N) is 5. The summed E-state index contributed by atoms with van der Waals surface area (Å²) >= 11 is 0. The highest BCUT2D eigenvalue weighted by Gasteiger charge is 2.35. The number of likely N-dealkylation sites (tertiary alicyclic amines) is 1. The molecule has 136 valence electrons. The van der Waals surface area contributed by atoms with Gasteiger partial charge in [-0.25, -0.2) is 0 Å². The van der Waals surface area contributed by atoms with E-state index in [9.17, 15) is 4.79 Å². The molecule has 2 aromatic rings. The molecular formula is C19H23N5O2. The van der Waals surface area contributed by atoms with Crippen LogP contribution < -0.4 is 0 Å². The molecule has 7 heteroatoms. The lowest BCUT2D eigenvalue weighted by Gasteiger charge is -2.38. The maximum atomic E-state index is 12.7. The quantitative estimate of drug-likeness (QED) is 0.827. The summed E-state index contributed by atoms with van der Waals surface area (Å²) in [6, 6.07) is 5.84. The molecule has 2 unspecified atom stereocenters. The molecule has 2 fully saturated rings. The van der Waals surface area contributed by atoms with Gasteiger partial charge in [0, 0.05) is 51.0 Å². The van der Waals surface area contributed by atoms with Gasteiger partial charge in [0.25, 0.3) is 5.91 Å². The van der Waals surface area contributed by atoms with Gasteiger partial charge < -0.3 is 9.64 Å². The van der Waals surface area contributed by atoms with Gasteiger partial charge in [-0.2, -0.15) is 10.2 Å². The third-order valence-corrected chi connectivity index (χ3v) is 5.20. The molecule has 0 aromatic carbocycles. The normalized spacial score (nSPS) is 23.9. The number of fused-ring (bicyclic) bond motifs is 1. The van der Waals surface area contributed by atoms with E-state index in [1.165, 1.54) is 11.8 Å². The summed E-state index contributed by atoms with van der Waals surface area (Å²) in [7, 11) is 0. The third-order valence-electron chi connectivity index (χ3n) is 5.20. The smallest absolute Gasteiger partial charge is 0.255 e. The van der Waals surface area contributed by atoms with Gasteiger partial charge >= 0.3 is 0 Å².